The molecule has 8 aromatic carbocycles. The van der Waals surface area contributed by atoms with Crippen LogP contribution in [0.1, 0.15) is 60.9 Å². The second-order valence-corrected chi connectivity index (χ2v) is 15.5. The van der Waals surface area contributed by atoms with Gasteiger partial charge in [-0.05, 0) is 103 Å². The van der Waals surface area contributed by atoms with E-state index < -0.39 is 0 Å². The summed E-state index contributed by atoms with van der Waals surface area (Å²) in [7, 11) is 0. The summed E-state index contributed by atoms with van der Waals surface area (Å²) in [5, 5.41) is 7.69. The van der Waals surface area contributed by atoms with Crippen molar-refractivity contribution in [2.45, 2.75) is 44.1 Å². The number of rotatable bonds is 6. The van der Waals surface area contributed by atoms with Crippen molar-refractivity contribution < 1.29 is 0 Å². The second-order valence-electron chi connectivity index (χ2n) is 15.5. The first kappa shape index (κ1) is 33.2. The highest BCUT2D eigenvalue weighted by atomic mass is 15.0. The zero-order valence-electron chi connectivity index (χ0n) is 31.1. The van der Waals surface area contributed by atoms with Gasteiger partial charge in [-0.3, -0.25) is 4.99 Å². The molecular formula is C53H42N2. The lowest BCUT2D eigenvalue weighted by Gasteiger charge is -2.32. The normalized spacial score (nSPS) is 18.4. The molecule has 1 aliphatic carbocycles. The molecule has 0 saturated heterocycles. The molecule has 0 N–H and O–H groups in total. The Morgan fingerprint density at radius 1 is 0.491 bits per heavy atom. The van der Waals surface area contributed by atoms with Crippen molar-refractivity contribution in [3.63, 3.8) is 0 Å². The number of allylic oxidation sites excluding steroid dienone is 2. The number of aliphatic imine (C=N–C) groups is 2. The molecule has 2 aliphatic rings. The molecule has 8 aromatic rings. The highest BCUT2D eigenvalue weighted by Gasteiger charge is 2.29. The van der Waals surface area contributed by atoms with Gasteiger partial charge in [-0.2, -0.15) is 0 Å². The van der Waals surface area contributed by atoms with Gasteiger partial charge in [-0.1, -0.05) is 177 Å². The molecule has 55 heavy (non-hydrogen) atoms. The van der Waals surface area contributed by atoms with E-state index in [4.69, 9.17) is 9.98 Å². The van der Waals surface area contributed by atoms with Gasteiger partial charge in [-0.15, -0.1) is 0 Å². The molecule has 2 heteroatoms. The van der Waals surface area contributed by atoms with Gasteiger partial charge in [0.05, 0.1) is 11.8 Å². The van der Waals surface area contributed by atoms with Crippen molar-refractivity contribution in [3.8, 4) is 22.3 Å². The summed E-state index contributed by atoms with van der Waals surface area (Å²) in [6.07, 6.45) is 8.76. The van der Waals surface area contributed by atoms with E-state index in [0.717, 1.165) is 53.9 Å². The summed E-state index contributed by atoms with van der Waals surface area (Å²) in [5.74, 6) is 0.784. The standard InChI is InChI=1S/C53H42N2/c1-53(30-12-3-13-31-53)41-21-15-19-39(33-41)50-35-51(55-52(54-50)40-20-14-18-37(32-40)36-16-4-2-5-17-36)48-27-11-6-22-42(48)38-28-29-47-45-25-8-7-23-43(45)44-24-9-10-26-46(44)49(47)34-38/h2-12,14-29,32-34,50H,13,30-31,35H2,1H3. The molecule has 2 nitrogen and oxygen atoms in total. The Bertz CT molecular complexity index is 2810. The van der Waals surface area contributed by atoms with E-state index in [0.29, 0.717) is 0 Å². The maximum absolute atomic E-state index is 5.46. The van der Waals surface area contributed by atoms with Crippen LogP contribution in [0, 0.1) is 0 Å². The first-order valence-corrected chi connectivity index (χ1v) is 19.6. The SMILES string of the molecule is CC1(c2cccc(C3CC(c4ccccc4-c4ccc5c6ccccc6c6ccccc6c5c4)=NC(c4cccc(-c5ccccc5)c4)=N3)c2)CC=CCC1. The molecule has 1 aliphatic heterocycles. The number of hydrogen-bond acceptors (Lipinski definition) is 2. The lowest BCUT2D eigenvalue weighted by molar-refractivity contribution is 0.427. The minimum Gasteiger partial charge on any atom is -0.258 e. The van der Waals surface area contributed by atoms with Crippen LogP contribution in [0.25, 0.3) is 54.6 Å². The monoisotopic (exact) mass is 706 g/mol. The molecule has 0 saturated carbocycles. The van der Waals surface area contributed by atoms with E-state index in [1.807, 2.05) is 0 Å². The molecule has 0 spiro atoms. The largest absolute Gasteiger partial charge is 0.258 e. The van der Waals surface area contributed by atoms with Crippen molar-refractivity contribution in [2.24, 2.45) is 9.98 Å². The van der Waals surface area contributed by atoms with Gasteiger partial charge in [0.2, 0.25) is 0 Å². The molecular weight excluding hydrogens is 665 g/mol. The maximum atomic E-state index is 5.46. The summed E-state index contributed by atoms with van der Waals surface area (Å²) in [4.78, 5) is 10.9. The number of fused-ring (bicyclic) bond motifs is 6. The van der Waals surface area contributed by atoms with E-state index in [2.05, 4.69) is 189 Å². The summed E-state index contributed by atoms with van der Waals surface area (Å²) in [6.45, 7) is 2.42. The highest BCUT2D eigenvalue weighted by Crippen LogP contribution is 2.41. The summed E-state index contributed by atoms with van der Waals surface area (Å²) in [6, 6.07) is 61.9. The van der Waals surface area contributed by atoms with Crippen LogP contribution in [0.15, 0.2) is 192 Å². The lowest BCUT2D eigenvalue weighted by Crippen LogP contribution is -2.23. The minimum atomic E-state index is -0.0643. The van der Waals surface area contributed by atoms with Crippen LogP contribution in [0.2, 0.25) is 0 Å². The van der Waals surface area contributed by atoms with Gasteiger partial charge in [0.25, 0.3) is 0 Å². The zero-order chi connectivity index (χ0) is 36.8. The third kappa shape index (κ3) is 6.09. The third-order valence-corrected chi connectivity index (χ3v) is 12.0. The zero-order valence-corrected chi connectivity index (χ0v) is 31.1. The summed E-state index contributed by atoms with van der Waals surface area (Å²) in [5.41, 5.74) is 10.8. The smallest absolute Gasteiger partial charge is 0.155 e. The van der Waals surface area contributed by atoms with Crippen molar-refractivity contribution in [3.05, 3.63) is 204 Å². The molecule has 0 radical (unpaired) electrons. The fourth-order valence-electron chi connectivity index (χ4n) is 8.96. The van der Waals surface area contributed by atoms with Crippen molar-refractivity contribution >= 4 is 43.9 Å². The maximum Gasteiger partial charge on any atom is 0.155 e. The second kappa shape index (κ2) is 13.8. The van der Waals surface area contributed by atoms with Crippen LogP contribution in [-0.4, -0.2) is 11.5 Å². The van der Waals surface area contributed by atoms with Gasteiger partial charge in [-0.25, -0.2) is 4.99 Å². The third-order valence-electron chi connectivity index (χ3n) is 12.0. The minimum absolute atomic E-state index is 0.0643. The number of amidine groups is 1. The van der Waals surface area contributed by atoms with Crippen molar-refractivity contribution in [1.29, 1.82) is 0 Å². The Hall–Kier alpha value is -6.38. The predicted molar refractivity (Wildman–Crippen MR) is 233 cm³/mol. The van der Waals surface area contributed by atoms with Gasteiger partial charge in [0.1, 0.15) is 0 Å². The molecule has 0 fully saturated rings. The molecule has 10 rings (SSSR count). The number of benzene rings is 8. The van der Waals surface area contributed by atoms with Crippen molar-refractivity contribution in [1.82, 2.24) is 0 Å². The quantitative estimate of drug-likeness (QED) is 0.121. The van der Waals surface area contributed by atoms with Gasteiger partial charge >= 0.3 is 0 Å². The molecule has 0 amide bonds. The lowest BCUT2D eigenvalue weighted by atomic mass is 9.73. The Morgan fingerprint density at radius 3 is 1.87 bits per heavy atom. The van der Waals surface area contributed by atoms with Crippen LogP contribution in [0.3, 0.4) is 0 Å². The highest BCUT2D eigenvalue weighted by molar-refractivity contribution is 6.26. The average molecular weight is 707 g/mol. The molecule has 2 unspecified atom stereocenters. The summed E-state index contributed by atoms with van der Waals surface area (Å²) < 4.78 is 0. The van der Waals surface area contributed by atoms with Crippen LogP contribution in [-0.2, 0) is 5.41 Å². The van der Waals surface area contributed by atoms with Gasteiger partial charge in [0, 0.05) is 17.5 Å². The van der Waals surface area contributed by atoms with E-state index in [1.54, 1.807) is 0 Å². The van der Waals surface area contributed by atoms with E-state index in [9.17, 15) is 0 Å². The molecule has 0 aromatic heterocycles. The molecule has 1 heterocycles. The van der Waals surface area contributed by atoms with E-state index >= 15 is 0 Å². The predicted octanol–water partition coefficient (Wildman–Crippen LogP) is 13.9. The van der Waals surface area contributed by atoms with Gasteiger partial charge in [0.15, 0.2) is 5.84 Å². The van der Waals surface area contributed by atoms with Crippen LogP contribution in [0.5, 0.6) is 0 Å². The van der Waals surface area contributed by atoms with E-state index in [1.165, 1.54) is 60.1 Å². The Labute approximate surface area is 323 Å². The van der Waals surface area contributed by atoms with Crippen LogP contribution < -0.4 is 0 Å². The first-order valence-electron chi connectivity index (χ1n) is 19.6. The fourth-order valence-corrected chi connectivity index (χ4v) is 8.96. The summed E-state index contributed by atoms with van der Waals surface area (Å²) >= 11 is 0. The average Bonchev–Trinajstić information content (AvgIpc) is 3.27. The van der Waals surface area contributed by atoms with E-state index in [-0.39, 0.29) is 11.5 Å². The van der Waals surface area contributed by atoms with Gasteiger partial charge < -0.3 is 0 Å². The number of hydrogen-bond donors (Lipinski definition) is 0. The molecule has 264 valence electrons. The fraction of sp³-hybridized carbons (Fsp3) is 0.132. The topological polar surface area (TPSA) is 24.7 Å². The Balaban J connectivity index is 1.12. The first-order chi connectivity index (χ1) is 27.1. The van der Waals surface area contributed by atoms with Crippen LogP contribution >= 0.6 is 0 Å². The Kier molecular flexibility index (Phi) is 8.33. The molecule has 2 atom stereocenters. The van der Waals surface area contributed by atoms with Crippen molar-refractivity contribution in [2.75, 3.05) is 0 Å². The van der Waals surface area contributed by atoms with Crippen LogP contribution in [0.4, 0.5) is 0 Å². The number of nitrogens with zero attached hydrogens (tertiary/aromatic N) is 2. The Morgan fingerprint density at radius 2 is 1.13 bits per heavy atom. The molecule has 0 bridgehead atoms.